The van der Waals surface area contributed by atoms with Crippen LogP contribution in [0.3, 0.4) is 0 Å². The predicted octanol–water partition coefficient (Wildman–Crippen LogP) is 2.72. The maximum atomic E-state index is 13.1. The van der Waals surface area contributed by atoms with Crippen molar-refractivity contribution >= 4 is 17.9 Å². The summed E-state index contributed by atoms with van der Waals surface area (Å²) in [7, 11) is 1.33. The van der Waals surface area contributed by atoms with Crippen molar-refractivity contribution in [2.24, 2.45) is 11.8 Å². The van der Waals surface area contributed by atoms with E-state index in [2.05, 4.69) is 10.1 Å². The number of ether oxygens (including phenoxy) is 1. The van der Waals surface area contributed by atoms with Crippen molar-refractivity contribution in [3.05, 3.63) is 35.4 Å². The Morgan fingerprint density at radius 1 is 1.20 bits per heavy atom. The Balaban J connectivity index is 1.80. The minimum Gasteiger partial charge on any atom is -0.465 e. The third-order valence-corrected chi connectivity index (χ3v) is 5.70. The van der Waals surface area contributed by atoms with Gasteiger partial charge in [-0.2, -0.15) is 0 Å². The number of esters is 1. The van der Waals surface area contributed by atoms with Crippen LogP contribution in [-0.2, 0) is 16.1 Å². The number of rotatable bonds is 3. The van der Waals surface area contributed by atoms with Crippen LogP contribution in [0.25, 0.3) is 0 Å². The van der Waals surface area contributed by atoms with E-state index in [-0.39, 0.29) is 30.3 Å². The number of carbonyl (C=O) groups excluding carboxylic acids is 3. The molecule has 134 valence electrons. The van der Waals surface area contributed by atoms with Gasteiger partial charge in [-0.3, -0.25) is 9.69 Å². The van der Waals surface area contributed by atoms with Gasteiger partial charge in [0.2, 0.25) is 0 Å². The molecule has 2 unspecified atom stereocenters. The average Bonchev–Trinajstić information content (AvgIpc) is 2.85. The van der Waals surface area contributed by atoms with Gasteiger partial charge >= 0.3 is 12.0 Å². The van der Waals surface area contributed by atoms with Crippen LogP contribution in [0.5, 0.6) is 0 Å². The number of urea groups is 1. The fourth-order valence-corrected chi connectivity index (χ4v) is 4.14. The lowest BCUT2D eigenvalue weighted by molar-refractivity contribution is -0.136. The third-order valence-electron chi connectivity index (χ3n) is 5.70. The number of imide groups is 1. The van der Waals surface area contributed by atoms with E-state index < -0.39 is 11.5 Å². The molecule has 3 amide bonds. The van der Waals surface area contributed by atoms with Gasteiger partial charge in [0.05, 0.1) is 19.2 Å². The van der Waals surface area contributed by atoms with Gasteiger partial charge in [-0.15, -0.1) is 0 Å². The highest BCUT2D eigenvalue weighted by atomic mass is 16.5. The topological polar surface area (TPSA) is 75.7 Å². The molecule has 0 bridgehead atoms. The first-order chi connectivity index (χ1) is 11.9. The number of hydrogen-bond acceptors (Lipinski definition) is 4. The average molecular weight is 344 g/mol. The van der Waals surface area contributed by atoms with Crippen molar-refractivity contribution in [1.82, 2.24) is 10.2 Å². The number of nitrogens with zero attached hydrogens (tertiary/aromatic N) is 1. The van der Waals surface area contributed by atoms with Crippen LogP contribution in [0.1, 0.15) is 49.0 Å². The Kier molecular flexibility index (Phi) is 4.54. The molecule has 0 aromatic heterocycles. The van der Waals surface area contributed by atoms with E-state index in [4.69, 9.17) is 0 Å². The van der Waals surface area contributed by atoms with Crippen LogP contribution in [0.15, 0.2) is 24.3 Å². The highest BCUT2D eigenvalue weighted by molar-refractivity contribution is 6.07. The second-order valence-electron chi connectivity index (χ2n) is 7.11. The van der Waals surface area contributed by atoms with E-state index in [1.807, 2.05) is 13.8 Å². The maximum absolute atomic E-state index is 13.1. The number of carbonyl (C=O) groups is 3. The molecule has 2 atom stereocenters. The predicted molar refractivity (Wildman–Crippen MR) is 91.8 cm³/mol. The van der Waals surface area contributed by atoms with E-state index in [9.17, 15) is 14.4 Å². The van der Waals surface area contributed by atoms with Crippen molar-refractivity contribution in [1.29, 1.82) is 0 Å². The molecule has 1 aliphatic carbocycles. The number of benzene rings is 1. The second-order valence-corrected chi connectivity index (χ2v) is 7.11. The molecule has 2 aliphatic rings. The molecule has 1 saturated heterocycles. The lowest BCUT2D eigenvalue weighted by Crippen LogP contribution is -2.58. The quantitative estimate of drug-likeness (QED) is 0.676. The van der Waals surface area contributed by atoms with Crippen LogP contribution < -0.4 is 5.32 Å². The van der Waals surface area contributed by atoms with Crippen LogP contribution in [0, 0.1) is 11.8 Å². The molecule has 6 nitrogen and oxygen atoms in total. The van der Waals surface area contributed by atoms with Crippen LogP contribution in [0.4, 0.5) is 4.79 Å². The Labute approximate surface area is 147 Å². The van der Waals surface area contributed by atoms with Gasteiger partial charge in [-0.05, 0) is 42.4 Å². The monoisotopic (exact) mass is 344 g/mol. The summed E-state index contributed by atoms with van der Waals surface area (Å²) in [6.07, 6.45) is 2.97. The van der Waals surface area contributed by atoms with Crippen molar-refractivity contribution in [3.63, 3.8) is 0 Å². The molecule has 1 saturated carbocycles. The highest BCUT2D eigenvalue weighted by Gasteiger charge is 2.58. The fourth-order valence-electron chi connectivity index (χ4n) is 4.14. The molecule has 0 radical (unpaired) electrons. The maximum Gasteiger partial charge on any atom is 0.337 e. The van der Waals surface area contributed by atoms with Gasteiger partial charge in [-0.1, -0.05) is 32.4 Å². The molecule has 1 N–H and O–H groups in total. The summed E-state index contributed by atoms with van der Waals surface area (Å²) in [6.45, 7) is 4.29. The van der Waals surface area contributed by atoms with Gasteiger partial charge in [-0.25, -0.2) is 9.59 Å². The second kappa shape index (κ2) is 6.50. The first-order valence-corrected chi connectivity index (χ1v) is 8.71. The largest absolute Gasteiger partial charge is 0.465 e. The smallest absolute Gasteiger partial charge is 0.337 e. The summed E-state index contributed by atoms with van der Waals surface area (Å²) < 4.78 is 4.67. The summed E-state index contributed by atoms with van der Waals surface area (Å²) in [6, 6.07) is 6.43. The zero-order valence-corrected chi connectivity index (χ0v) is 14.9. The molecular formula is C19H24N2O4. The first-order valence-electron chi connectivity index (χ1n) is 8.71. The highest BCUT2D eigenvalue weighted by Crippen LogP contribution is 2.42. The molecule has 1 aromatic carbocycles. The molecule has 3 rings (SSSR count). The lowest BCUT2D eigenvalue weighted by Gasteiger charge is -2.42. The fraction of sp³-hybridized carbons (Fsp3) is 0.526. The molecule has 2 fully saturated rings. The number of hydrogen-bond donors (Lipinski definition) is 1. The molecule has 1 aromatic rings. The van der Waals surface area contributed by atoms with E-state index in [0.29, 0.717) is 5.56 Å². The SMILES string of the molecule is COC(=O)c1ccc(CN2C(=O)NC3(C2=O)C(C)CCCC3C)cc1. The zero-order chi connectivity index (χ0) is 18.2. The third kappa shape index (κ3) is 2.79. The summed E-state index contributed by atoms with van der Waals surface area (Å²) in [5.74, 6) is -0.293. The van der Waals surface area contributed by atoms with Gasteiger partial charge in [0, 0.05) is 0 Å². The summed E-state index contributed by atoms with van der Waals surface area (Å²) in [5, 5.41) is 2.99. The van der Waals surface area contributed by atoms with E-state index in [1.54, 1.807) is 24.3 Å². The molecule has 1 aliphatic heterocycles. The molecule has 6 heteroatoms. The van der Waals surface area contributed by atoms with Crippen molar-refractivity contribution in [2.45, 2.75) is 45.2 Å². The number of amides is 3. The van der Waals surface area contributed by atoms with E-state index in [0.717, 1.165) is 24.8 Å². The normalized spacial score (nSPS) is 29.0. The van der Waals surface area contributed by atoms with Crippen molar-refractivity contribution in [2.75, 3.05) is 7.11 Å². The molecular weight excluding hydrogens is 320 g/mol. The van der Waals surface area contributed by atoms with Crippen molar-refractivity contribution in [3.8, 4) is 0 Å². The van der Waals surface area contributed by atoms with Crippen molar-refractivity contribution < 1.29 is 19.1 Å². The Morgan fingerprint density at radius 2 is 1.80 bits per heavy atom. The van der Waals surface area contributed by atoms with Gasteiger partial charge in [0.15, 0.2) is 0 Å². The Morgan fingerprint density at radius 3 is 2.36 bits per heavy atom. The molecule has 1 spiro atoms. The Bertz CT molecular complexity index is 688. The molecule has 25 heavy (non-hydrogen) atoms. The van der Waals surface area contributed by atoms with Gasteiger partial charge < -0.3 is 10.1 Å². The minimum absolute atomic E-state index is 0.124. The zero-order valence-electron chi connectivity index (χ0n) is 14.9. The standard InChI is InChI=1S/C19H24N2O4/c1-12-5-4-6-13(2)19(12)17(23)21(18(24)20-19)11-14-7-9-15(10-8-14)16(22)25-3/h7-10,12-13H,4-6,11H2,1-3H3,(H,20,24). The van der Waals surface area contributed by atoms with Crippen LogP contribution in [-0.4, -0.2) is 35.5 Å². The lowest BCUT2D eigenvalue weighted by atomic mass is 9.67. The van der Waals surface area contributed by atoms with E-state index in [1.165, 1.54) is 12.0 Å². The Hall–Kier alpha value is -2.37. The van der Waals surface area contributed by atoms with Gasteiger partial charge in [0.1, 0.15) is 5.54 Å². The number of nitrogens with one attached hydrogen (secondary N) is 1. The summed E-state index contributed by atoms with van der Waals surface area (Å²) >= 11 is 0. The molecule has 1 heterocycles. The van der Waals surface area contributed by atoms with Crippen LogP contribution in [0.2, 0.25) is 0 Å². The van der Waals surface area contributed by atoms with Gasteiger partial charge in [0.25, 0.3) is 5.91 Å². The van der Waals surface area contributed by atoms with E-state index >= 15 is 0 Å². The van der Waals surface area contributed by atoms with Crippen LogP contribution >= 0.6 is 0 Å². The summed E-state index contributed by atoms with van der Waals surface area (Å²) in [5.41, 5.74) is 0.458. The first kappa shape index (κ1) is 17.5. The summed E-state index contributed by atoms with van der Waals surface area (Å²) in [4.78, 5) is 38.4. The minimum atomic E-state index is -0.776. The number of methoxy groups -OCH3 is 1.